The number of nitrogens with zero attached hydrogens (tertiary/aromatic N) is 1. The molecular formula is C16H13ClN2OS. The Balaban J connectivity index is 1.77. The molecule has 1 unspecified atom stereocenters. The van der Waals surface area contributed by atoms with Crippen molar-refractivity contribution in [2.24, 2.45) is 0 Å². The molecule has 0 saturated carbocycles. The number of thiazole rings is 1. The number of nitrogens with one attached hydrogen (secondary N) is 1. The second kappa shape index (κ2) is 5.84. The summed E-state index contributed by atoms with van der Waals surface area (Å²) in [6.07, 6.45) is 0. The summed E-state index contributed by atoms with van der Waals surface area (Å²) >= 11 is 7.40. The van der Waals surface area contributed by atoms with Crippen molar-refractivity contribution in [2.45, 2.75) is 13.0 Å². The maximum atomic E-state index is 12.3. The topological polar surface area (TPSA) is 42.0 Å². The fraction of sp³-hybridized carbons (Fsp3) is 0.125. The van der Waals surface area contributed by atoms with Crippen molar-refractivity contribution in [1.29, 1.82) is 0 Å². The minimum atomic E-state index is -0.0900. The molecule has 0 fully saturated rings. The minimum absolute atomic E-state index is 0.0769. The van der Waals surface area contributed by atoms with Crippen LogP contribution in [0.15, 0.2) is 48.0 Å². The number of fused-ring (bicyclic) bond motifs is 1. The van der Waals surface area contributed by atoms with Crippen molar-refractivity contribution < 1.29 is 4.79 Å². The SMILES string of the molecule is CC(NC(=O)c1ccc2ncsc2c1)c1ccc(Cl)cc1. The lowest BCUT2D eigenvalue weighted by Gasteiger charge is -2.14. The van der Waals surface area contributed by atoms with Gasteiger partial charge in [0, 0.05) is 10.6 Å². The Kier molecular flexibility index (Phi) is 3.90. The van der Waals surface area contributed by atoms with Gasteiger partial charge >= 0.3 is 0 Å². The molecule has 3 nitrogen and oxygen atoms in total. The first kappa shape index (κ1) is 14.0. The van der Waals surface area contributed by atoms with Gasteiger partial charge in [0.1, 0.15) is 0 Å². The molecule has 0 aliphatic heterocycles. The van der Waals surface area contributed by atoms with Crippen LogP contribution >= 0.6 is 22.9 Å². The Morgan fingerprint density at radius 1 is 1.24 bits per heavy atom. The van der Waals surface area contributed by atoms with Gasteiger partial charge in [-0.05, 0) is 42.8 Å². The Bertz CT molecular complexity index is 782. The Morgan fingerprint density at radius 3 is 2.76 bits per heavy atom. The second-order valence-electron chi connectivity index (χ2n) is 4.78. The van der Waals surface area contributed by atoms with E-state index >= 15 is 0 Å². The molecule has 0 saturated heterocycles. The lowest BCUT2D eigenvalue weighted by Crippen LogP contribution is -2.26. The fourth-order valence-corrected chi connectivity index (χ4v) is 2.95. The van der Waals surface area contributed by atoms with Crippen LogP contribution in [0.3, 0.4) is 0 Å². The predicted molar refractivity (Wildman–Crippen MR) is 87.0 cm³/mol. The zero-order valence-corrected chi connectivity index (χ0v) is 12.9. The second-order valence-corrected chi connectivity index (χ2v) is 6.10. The summed E-state index contributed by atoms with van der Waals surface area (Å²) in [6.45, 7) is 1.95. The quantitative estimate of drug-likeness (QED) is 0.776. The highest BCUT2D eigenvalue weighted by Crippen LogP contribution is 2.20. The molecule has 1 amide bonds. The van der Waals surface area contributed by atoms with Crippen molar-refractivity contribution in [3.05, 3.63) is 64.1 Å². The van der Waals surface area contributed by atoms with E-state index < -0.39 is 0 Å². The molecule has 1 atom stereocenters. The number of carbonyl (C=O) groups is 1. The van der Waals surface area contributed by atoms with Crippen LogP contribution < -0.4 is 5.32 Å². The molecule has 0 radical (unpaired) electrons. The lowest BCUT2D eigenvalue weighted by molar-refractivity contribution is 0.0940. The molecule has 0 aliphatic rings. The van der Waals surface area contributed by atoms with E-state index in [1.54, 1.807) is 11.6 Å². The van der Waals surface area contributed by atoms with E-state index in [1.807, 2.05) is 43.3 Å². The van der Waals surface area contributed by atoms with Gasteiger partial charge in [0.2, 0.25) is 0 Å². The molecule has 1 N–H and O–H groups in total. The average molecular weight is 317 g/mol. The molecule has 0 aliphatic carbocycles. The van der Waals surface area contributed by atoms with Crippen LogP contribution in [0, 0.1) is 0 Å². The van der Waals surface area contributed by atoms with Gasteiger partial charge in [-0.3, -0.25) is 4.79 Å². The van der Waals surface area contributed by atoms with E-state index in [-0.39, 0.29) is 11.9 Å². The highest BCUT2D eigenvalue weighted by Gasteiger charge is 2.12. The first-order chi connectivity index (χ1) is 10.1. The predicted octanol–water partition coefficient (Wildman–Crippen LogP) is 4.44. The molecule has 2 aromatic carbocycles. The van der Waals surface area contributed by atoms with Crippen LogP contribution in [0.2, 0.25) is 5.02 Å². The van der Waals surface area contributed by atoms with Gasteiger partial charge in [-0.2, -0.15) is 0 Å². The first-order valence-electron chi connectivity index (χ1n) is 6.53. The number of hydrogen-bond donors (Lipinski definition) is 1. The molecule has 3 rings (SSSR count). The molecule has 0 spiro atoms. The van der Waals surface area contributed by atoms with E-state index in [4.69, 9.17) is 11.6 Å². The summed E-state index contributed by atoms with van der Waals surface area (Å²) in [5.41, 5.74) is 4.37. The Hall–Kier alpha value is -1.91. The number of halogens is 1. The summed E-state index contributed by atoms with van der Waals surface area (Å²) < 4.78 is 1.02. The summed E-state index contributed by atoms with van der Waals surface area (Å²) in [5, 5.41) is 3.68. The largest absolute Gasteiger partial charge is 0.346 e. The van der Waals surface area contributed by atoms with Gasteiger partial charge in [-0.15, -0.1) is 11.3 Å². The van der Waals surface area contributed by atoms with Gasteiger partial charge in [0.25, 0.3) is 5.91 Å². The van der Waals surface area contributed by atoms with Crippen molar-refractivity contribution in [1.82, 2.24) is 10.3 Å². The lowest BCUT2D eigenvalue weighted by atomic mass is 10.1. The number of amides is 1. The van der Waals surface area contributed by atoms with Gasteiger partial charge < -0.3 is 5.32 Å². The van der Waals surface area contributed by atoms with E-state index in [0.29, 0.717) is 10.6 Å². The van der Waals surface area contributed by atoms with Crippen LogP contribution in [0.4, 0.5) is 0 Å². The standard InChI is InChI=1S/C16H13ClN2OS/c1-10(11-2-5-13(17)6-3-11)19-16(20)12-4-7-14-15(8-12)21-9-18-14/h2-10H,1H3,(H,19,20). The van der Waals surface area contributed by atoms with Crippen molar-refractivity contribution in [3.63, 3.8) is 0 Å². The fourth-order valence-electron chi connectivity index (χ4n) is 2.11. The van der Waals surface area contributed by atoms with E-state index in [2.05, 4.69) is 10.3 Å². The number of benzene rings is 2. The molecule has 0 bridgehead atoms. The van der Waals surface area contributed by atoms with E-state index in [0.717, 1.165) is 15.8 Å². The van der Waals surface area contributed by atoms with Crippen molar-refractivity contribution in [2.75, 3.05) is 0 Å². The number of hydrogen-bond acceptors (Lipinski definition) is 3. The van der Waals surface area contributed by atoms with Gasteiger partial charge in [-0.1, -0.05) is 23.7 Å². The van der Waals surface area contributed by atoms with Gasteiger partial charge in [0.15, 0.2) is 0 Å². The van der Waals surface area contributed by atoms with Crippen LogP contribution in [-0.4, -0.2) is 10.9 Å². The smallest absolute Gasteiger partial charge is 0.251 e. The third kappa shape index (κ3) is 3.06. The molecule has 106 valence electrons. The maximum absolute atomic E-state index is 12.3. The van der Waals surface area contributed by atoms with Crippen LogP contribution in [0.5, 0.6) is 0 Å². The van der Waals surface area contributed by atoms with Crippen LogP contribution in [-0.2, 0) is 0 Å². The Labute approximate surface area is 131 Å². The molecule has 1 aromatic heterocycles. The summed E-state index contributed by atoms with van der Waals surface area (Å²) in [7, 11) is 0. The van der Waals surface area contributed by atoms with Crippen molar-refractivity contribution >= 4 is 39.1 Å². The zero-order valence-electron chi connectivity index (χ0n) is 11.3. The minimum Gasteiger partial charge on any atom is -0.346 e. The monoisotopic (exact) mass is 316 g/mol. The molecule has 3 aromatic rings. The third-order valence-electron chi connectivity index (χ3n) is 3.31. The summed E-state index contributed by atoms with van der Waals surface area (Å²) in [6, 6.07) is 12.9. The van der Waals surface area contributed by atoms with E-state index in [9.17, 15) is 4.79 Å². The number of aromatic nitrogens is 1. The maximum Gasteiger partial charge on any atom is 0.251 e. The third-order valence-corrected chi connectivity index (χ3v) is 4.35. The van der Waals surface area contributed by atoms with Gasteiger partial charge in [-0.25, -0.2) is 4.98 Å². The molecule has 5 heteroatoms. The normalized spacial score (nSPS) is 12.3. The zero-order chi connectivity index (χ0) is 14.8. The van der Waals surface area contributed by atoms with Crippen molar-refractivity contribution in [3.8, 4) is 0 Å². The number of carbonyl (C=O) groups excluding carboxylic acids is 1. The highest BCUT2D eigenvalue weighted by atomic mass is 35.5. The molecular weight excluding hydrogens is 304 g/mol. The average Bonchev–Trinajstić information content (AvgIpc) is 2.95. The highest BCUT2D eigenvalue weighted by molar-refractivity contribution is 7.16. The summed E-state index contributed by atoms with van der Waals surface area (Å²) in [4.78, 5) is 16.5. The van der Waals surface area contributed by atoms with Gasteiger partial charge in [0.05, 0.1) is 21.8 Å². The molecule has 21 heavy (non-hydrogen) atoms. The van der Waals surface area contributed by atoms with Crippen LogP contribution in [0.25, 0.3) is 10.2 Å². The molecule has 1 heterocycles. The Morgan fingerprint density at radius 2 is 2.00 bits per heavy atom. The number of rotatable bonds is 3. The summed E-state index contributed by atoms with van der Waals surface area (Å²) in [5.74, 6) is -0.0900. The van der Waals surface area contributed by atoms with Crippen LogP contribution in [0.1, 0.15) is 28.9 Å². The van der Waals surface area contributed by atoms with E-state index in [1.165, 1.54) is 11.3 Å². The first-order valence-corrected chi connectivity index (χ1v) is 7.79.